The van der Waals surface area contributed by atoms with Crippen LogP contribution in [0.1, 0.15) is 18.5 Å². The van der Waals surface area contributed by atoms with Gasteiger partial charge in [-0.15, -0.1) is 0 Å². The molecule has 1 unspecified atom stereocenters. The lowest BCUT2D eigenvalue weighted by Gasteiger charge is -2.06. The van der Waals surface area contributed by atoms with Crippen LogP contribution in [0, 0.1) is 35.7 Å². The van der Waals surface area contributed by atoms with Gasteiger partial charge in [-0.25, -0.2) is 28.5 Å². The zero-order valence-corrected chi connectivity index (χ0v) is 7.41. The summed E-state index contributed by atoms with van der Waals surface area (Å²) in [5, 5.41) is 0. The molecule has 15 heavy (non-hydrogen) atoms. The Morgan fingerprint density at radius 3 is 1.53 bits per heavy atom. The van der Waals surface area contributed by atoms with Gasteiger partial charge in [-0.05, 0) is 0 Å². The second kappa shape index (κ2) is 3.85. The second-order valence-electron chi connectivity index (χ2n) is 2.79. The highest BCUT2D eigenvalue weighted by Gasteiger charge is 2.30. The number of benzene rings is 1. The highest BCUT2D eigenvalue weighted by molar-refractivity contribution is 5.28. The third-order valence-electron chi connectivity index (χ3n) is 1.86. The number of hydrogen-bond donors (Lipinski definition) is 0. The molecule has 1 aromatic carbocycles. The van der Waals surface area contributed by atoms with Crippen LogP contribution < -0.4 is 0 Å². The quantitative estimate of drug-likeness (QED) is 0.296. The first-order valence-corrected chi connectivity index (χ1v) is 3.79. The lowest BCUT2D eigenvalue weighted by molar-refractivity contribution is 0.368. The van der Waals surface area contributed by atoms with Crippen LogP contribution >= 0.6 is 0 Å². The molecule has 0 aliphatic carbocycles. The Morgan fingerprint density at radius 1 is 0.867 bits per heavy atom. The summed E-state index contributed by atoms with van der Waals surface area (Å²) in [5.41, 5.74) is -1.10. The minimum atomic E-state index is -2.22. The van der Waals surface area contributed by atoms with Gasteiger partial charge in [-0.3, -0.25) is 0 Å². The van der Waals surface area contributed by atoms with Crippen molar-refractivity contribution in [2.24, 2.45) is 0 Å². The molecule has 0 aliphatic rings. The molecular weight excluding hydrogens is 217 g/mol. The summed E-state index contributed by atoms with van der Waals surface area (Å²) in [7, 11) is 0. The molecule has 1 nitrogen and oxygen atoms in total. The Hall–Kier alpha value is -1.64. The van der Waals surface area contributed by atoms with Crippen molar-refractivity contribution in [1.29, 1.82) is 0 Å². The van der Waals surface area contributed by atoms with Crippen molar-refractivity contribution in [2.75, 3.05) is 0 Å². The number of rotatable bonds is 1. The fraction of sp³-hybridized carbons (Fsp3) is 0.222. The lowest BCUT2D eigenvalue weighted by atomic mass is 10.1. The summed E-state index contributed by atoms with van der Waals surface area (Å²) in [6.07, 6.45) is 0. The maximum Gasteiger partial charge on any atom is 0.251 e. The fourth-order valence-electron chi connectivity index (χ4n) is 1.05. The van der Waals surface area contributed by atoms with Crippen LogP contribution in [-0.2, 0) is 0 Å². The van der Waals surface area contributed by atoms with Crippen molar-refractivity contribution in [3.8, 4) is 0 Å². The van der Waals surface area contributed by atoms with Gasteiger partial charge < -0.3 is 4.85 Å². The van der Waals surface area contributed by atoms with E-state index in [4.69, 9.17) is 6.57 Å². The second-order valence-corrected chi connectivity index (χ2v) is 2.79. The molecular formula is C9H4F5N. The van der Waals surface area contributed by atoms with Gasteiger partial charge in [-0.2, -0.15) is 0 Å². The third-order valence-corrected chi connectivity index (χ3v) is 1.86. The predicted octanol–water partition coefficient (Wildman–Crippen LogP) is 3.36. The minimum Gasteiger partial charge on any atom is -0.309 e. The van der Waals surface area contributed by atoms with Crippen molar-refractivity contribution >= 4 is 0 Å². The zero-order chi connectivity index (χ0) is 11.7. The van der Waals surface area contributed by atoms with E-state index >= 15 is 0 Å². The van der Waals surface area contributed by atoms with Crippen LogP contribution in [0.15, 0.2) is 0 Å². The summed E-state index contributed by atoms with van der Waals surface area (Å²) in [5.74, 6) is -10.2. The van der Waals surface area contributed by atoms with E-state index < -0.39 is 40.7 Å². The van der Waals surface area contributed by atoms with Crippen molar-refractivity contribution in [3.63, 3.8) is 0 Å². The summed E-state index contributed by atoms with van der Waals surface area (Å²) in [6.45, 7) is 7.53. The van der Waals surface area contributed by atoms with E-state index in [-0.39, 0.29) is 0 Å². The Bertz CT molecular complexity index is 420. The van der Waals surface area contributed by atoms with E-state index in [0.29, 0.717) is 0 Å². The molecule has 80 valence electrons. The van der Waals surface area contributed by atoms with Gasteiger partial charge in [0, 0.05) is 6.92 Å². The van der Waals surface area contributed by atoms with E-state index in [0.717, 1.165) is 6.92 Å². The molecule has 0 amide bonds. The van der Waals surface area contributed by atoms with Crippen LogP contribution in [-0.4, -0.2) is 0 Å². The molecule has 0 fully saturated rings. The summed E-state index contributed by atoms with van der Waals surface area (Å²) in [4.78, 5) is 2.71. The highest BCUT2D eigenvalue weighted by Crippen LogP contribution is 2.29. The monoisotopic (exact) mass is 221 g/mol. The van der Waals surface area contributed by atoms with Gasteiger partial charge in [0.2, 0.25) is 5.82 Å². The average Bonchev–Trinajstić information content (AvgIpc) is 2.23. The molecule has 6 heteroatoms. The molecule has 0 heterocycles. The molecule has 1 aromatic rings. The first kappa shape index (κ1) is 11.4. The molecule has 1 rings (SSSR count). The Morgan fingerprint density at radius 2 is 1.20 bits per heavy atom. The number of hydrogen-bond acceptors (Lipinski definition) is 0. The topological polar surface area (TPSA) is 4.36 Å². The first-order chi connectivity index (χ1) is 6.91. The molecule has 0 radical (unpaired) electrons. The molecule has 0 spiro atoms. The maximum atomic E-state index is 13.0. The van der Waals surface area contributed by atoms with E-state index in [2.05, 4.69) is 4.85 Å². The normalized spacial score (nSPS) is 12.3. The molecule has 0 saturated carbocycles. The smallest absolute Gasteiger partial charge is 0.251 e. The summed E-state index contributed by atoms with van der Waals surface area (Å²) >= 11 is 0. The van der Waals surface area contributed by atoms with E-state index in [1.54, 1.807) is 0 Å². The summed E-state index contributed by atoms with van der Waals surface area (Å²) in [6, 6.07) is -1.42. The highest BCUT2D eigenvalue weighted by atomic mass is 19.2. The molecule has 0 aliphatic heterocycles. The van der Waals surface area contributed by atoms with E-state index in [9.17, 15) is 22.0 Å². The van der Waals surface area contributed by atoms with Crippen LogP contribution in [0.5, 0.6) is 0 Å². The molecule has 0 saturated heterocycles. The van der Waals surface area contributed by atoms with E-state index in [1.807, 2.05) is 0 Å². The summed E-state index contributed by atoms with van der Waals surface area (Å²) < 4.78 is 63.8. The SMILES string of the molecule is [C-]#[N+]C(C)c1c(F)c(F)c(F)c(F)c1F. The van der Waals surface area contributed by atoms with Crippen LogP contribution in [0.4, 0.5) is 22.0 Å². The first-order valence-electron chi connectivity index (χ1n) is 3.79. The molecule has 0 aromatic heterocycles. The number of halogens is 5. The van der Waals surface area contributed by atoms with E-state index in [1.165, 1.54) is 0 Å². The van der Waals surface area contributed by atoms with Crippen molar-refractivity contribution in [2.45, 2.75) is 13.0 Å². The standard InChI is InChI=1S/C9H4F5N/c1-3(15-2)4-5(10)7(12)9(14)8(13)6(4)11/h3H,1H3. The van der Waals surface area contributed by atoms with Crippen molar-refractivity contribution < 1.29 is 22.0 Å². The third kappa shape index (κ3) is 1.65. The average molecular weight is 221 g/mol. The largest absolute Gasteiger partial charge is 0.309 e. The zero-order valence-electron chi connectivity index (χ0n) is 7.41. The molecule has 1 atom stereocenters. The fourth-order valence-corrected chi connectivity index (χ4v) is 1.05. The van der Waals surface area contributed by atoms with Crippen LogP contribution in [0.25, 0.3) is 4.85 Å². The van der Waals surface area contributed by atoms with Gasteiger partial charge in [0.15, 0.2) is 23.3 Å². The number of nitrogens with zero attached hydrogens (tertiary/aromatic N) is 1. The van der Waals surface area contributed by atoms with Gasteiger partial charge in [-0.1, -0.05) is 0 Å². The van der Waals surface area contributed by atoms with Gasteiger partial charge >= 0.3 is 0 Å². The Labute approximate surface area is 82.0 Å². The Kier molecular flexibility index (Phi) is 2.93. The van der Waals surface area contributed by atoms with Gasteiger partial charge in [0.1, 0.15) is 5.56 Å². The lowest BCUT2D eigenvalue weighted by Crippen LogP contribution is -2.08. The molecule has 0 bridgehead atoms. The van der Waals surface area contributed by atoms with Crippen molar-refractivity contribution in [1.82, 2.24) is 0 Å². The maximum absolute atomic E-state index is 13.0. The van der Waals surface area contributed by atoms with Crippen LogP contribution in [0.2, 0.25) is 0 Å². The van der Waals surface area contributed by atoms with Gasteiger partial charge in [0.05, 0.1) is 0 Å². The van der Waals surface area contributed by atoms with Gasteiger partial charge in [0.25, 0.3) is 6.04 Å². The predicted molar refractivity (Wildman–Crippen MR) is 41.2 cm³/mol. The van der Waals surface area contributed by atoms with Crippen molar-refractivity contribution in [3.05, 3.63) is 46.1 Å². The van der Waals surface area contributed by atoms with Crippen LogP contribution in [0.3, 0.4) is 0 Å². The molecule has 0 N–H and O–H groups in total. The Balaban J connectivity index is 3.61. The minimum absolute atomic E-state index is 1.05.